The van der Waals surface area contributed by atoms with Crippen molar-refractivity contribution in [3.8, 4) is 5.88 Å². The summed E-state index contributed by atoms with van der Waals surface area (Å²) in [6.07, 6.45) is 1.65. The molecule has 2 heterocycles. The molecule has 2 aromatic rings. The Hall–Kier alpha value is -2.74. The van der Waals surface area contributed by atoms with Crippen molar-refractivity contribution in [2.24, 2.45) is 0 Å². The highest BCUT2D eigenvalue weighted by Crippen LogP contribution is 2.35. The number of rotatable bonds is 6. The normalized spacial score (nSPS) is 14.0. The fourth-order valence-corrected chi connectivity index (χ4v) is 3.21. The molecule has 0 N–H and O–H groups in total. The molecule has 0 saturated carbocycles. The first-order chi connectivity index (χ1) is 13.0. The Bertz CT molecular complexity index is 798. The number of ether oxygens (including phenoxy) is 1. The standard InChI is InChI=1S/C19H25N5O3/c1-14-20-18(17(24(25)26)19(21-14)27-13-12-22(2)3)23-10-8-15-6-4-5-7-16(15)9-11-23/h4-7H,8-13H2,1-3H3. The number of aromatic nitrogens is 2. The molecule has 0 spiro atoms. The maximum Gasteiger partial charge on any atom is 0.372 e. The van der Waals surface area contributed by atoms with E-state index in [4.69, 9.17) is 4.74 Å². The van der Waals surface area contributed by atoms with Crippen molar-refractivity contribution in [2.45, 2.75) is 19.8 Å². The highest BCUT2D eigenvalue weighted by Gasteiger charge is 2.30. The molecule has 8 nitrogen and oxygen atoms in total. The van der Waals surface area contributed by atoms with E-state index in [1.165, 1.54) is 11.1 Å². The van der Waals surface area contributed by atoms with E-state index in [1.807, 2.05) is 36.0 Å². The number of fused-ring (bicyclic) bond motifs is 1. The van der Waals surface area contributed by atoms with Crippen LogP contribution >= 0.6 is 0 Å². The number of benzene rings is 1. The number of anilines is 1. The molecule has 0 amide bonds. The summed E-state index contributed by atoms with van der Waals surface area (Å²) in [7, 11) is 3.84. The lowest BCUT2D eigenvalue weighted by Crippen LogP contribution is -2.28. The van der Waals surface area contributed by atoms with Gasteiger partial charge in [0.05, 0.1) is 4.92 Å². The first-order valence-electron chi connectivity index (χ1n) is 9.08. The van der Waals surface area contributed by atoms with Gasteiger partial charge < -0.3 is 14.5 Å². The molecule has 1 aliphatic heterocycles. The molecule has 0 radical (unpaired) electrons. The Labute approximate surface area is 158 Å². The summed E-state index contributed by atoms with van der Waals surface area (Å²) in [6, 6.07) is 8.30. The molecule has 0 aliphatic carbocycles. The minimum absolute atomic E-state index is 0.0473. The van der Waals surface area contributed by atoms with E-state index in [0.29, 0.717) is 37.9 Å². The van der Waals surface area contributed by atoms with E-state index in [0.717, 1.165) is 12.8 Å². The van der Waals surface area contributed by atoms with Crippen LogP contribution in [0.2, 0.25) is 0 Å². The van der Waals surface area contributed by atoms with Crippen LogP contribution in [0.3, 0.4) is 0 Å². The quantitative estimate of drug-likeness (QED) is 0.569. The third kappa shape index (κ3) is 4.51. The zero-order valence-corrected chi connectivity index (χ0v) is 16.0. The molecule has 1 aliphatic rings. The Balaban J connectivity index is 1.90. The first-order valence-corrected chi connectivity index (χ1v) is 9.08. The summed E-state index contributed by atoms with van der Waals surface area (Å²) in [5.41, 5.74) is 2.43. The summed E-state index contributed by atoms with van der Waals surface area (Å²) >= 11 is 0. The van der Waals surface area contributed by atoms with Gasteiger partial charge in [0.25, 0.3) is 5.88 Å². The first kappa shape index (κ1) is 19.0. The molecule has 0 unspecified atom stereocenters. The lowest BCUT2D eigenvalue weighted by Gasteiger charge is -2.22. The van der Waals surface area contributed by atoms with Crippen LogP contribution in [0.15, 0.2) is 24.3 Å². The van der Waals surface area contributed by atoms with Gasteiger partial charge >= 0.3 is 5.69 Å². The van der Waals surface area contributed by atoms with Crippen LogP contribution in [0, 0.1) is 17.0 Å². The molecule has 0 fully saturated rings. The van der Waals surface area contributed by atoms with Crippen LogP contribution in [-0.4, -0.2) is 60.1 Å². The van der Waals surface area contributed by atoms with Crippen LogP contribution in [0.4, 0.5) is 11.5 Å². The average molecular weight is 371 g/mol. The molecule has 0 atom stereocenters. The van der Waals surface area contributed by atoms with Gasteiger partial charge in [-0.2, -0.15) is 4.98 Å². The highest BCUT2D eigenvalue weighted by molar-refractivity contribution is 5.63. The zero-order chi connectivity index (χ0) is 19.4. The number of nitrogens with zero attached hydrogens (tertiary/aromatic N) is 5. The van der Waals surface area contributed by atoms with Gasteiger partial charge in [-0.15, -0.1) is 0 Å². The van der Waals surface area contributed by atoms with Gasteiger partial charge in [-0.3, -0.25) is 10.1 Å². The van der Waals surface area contributed by atoms with E-state index in [9.17, 15) is 10.1 Å². The second-order valence-corrected chi connectivity index (χ2v) is 6.91. The topological polar surface area (TPSA) is 84.6 Å². The second kappa shape index (κ2) is 8.30. The van der Waals surface area contributed by atoms with Gasteiger partial charge in [0.15, 0.2) is 0 Å². The number of hydrogen-bond donors (Lipinski definition) is 0. The summed E-state index contributed by atoms with van der Waals surface area (Å²) in [6.45, 7) is 4.05. The van der Waals surface area contributed by atoms with Crippen LogP contribution < -0.4 is 9.64 Å². The third-order valence-corrected chi connectivity index (χ3v) is 4.63. The fraction of sp³-hybridized carbons (Fsp3) is 0.474. The Kier molecular flexibility index (Phi) is 5.85. The van der Waals surface area contributed by atoms with E-state index in [2.05, 4.69) is 22.1 Å². The minimum atomic E-state index is -0.433. The molecular formula is C19H25N5O3. The largest absolute Gasteiger partial charge is 0.471 e. The Morgan fingerprint density at radius 2 is 1.81 bits per heavy atom. The van der Waals surface area contributed by atoms with Crippen molar-refractivity contribution in [3.05, 3.63) is 51.3 Å². The number of nitro groups is 1. The molecule has 8 heteroatoms. The summed E-state index contributed by atoms with van der Waals surface area (Å²) in [4.78, 5) is 23.9. The van der Waals surface area contributed by atoms with Crippen LogP contribution in [0.1, 0.15) is 17.0 Å². The maximum absolute atomic E-state index is 11.8. The minimum Gasteiger partial charge on any atom is -0.471 e. The number of hydrogen-bond acceptors (Lipinski definition) is 7. The van der Waals surface area contributed by atoms with Crippen LogP contribution in [0.25, 0.3) is 0 Å². The van der Waals surface area contributed by atoms with Crippen molar-refractivity contribution in [1.82, 2.24) is 14.9 Å². The average Bonchev–Trinajstić information content (AvgIpc) is 2.83. The SMILES string of the molecule is Cc1nc(OCCN(C)C)c([N+](=O)[O-])c(N2CCc3ccccc3CC2)n1. The molecule has 144 valence electrons. The lowest BCUT2D eigenvalue weighted by atomic mass is 10.0. The molecular weight excluding hydrogens is 346 g/mol. The number of likely N-dealkylation sites (N-methyl/N-ethyl adjacent to an activating group) is 1. The van der Waals surface area contributed by atoms with Gasteiger partial charge in [0, 0.05) is 19.6 Å². The molecule has 3 rings (SSSR count). The summed E-state index contributed by atoms with van der Waals surface area (Å²) < 4.78 is 5.65. The molecule has 1 aromatic carbocycles. The van der Waals surface area contributed by atoms with Crippen LogP contribution in [0.5, 0.6) is 5.88 Å². The van der Waals surface area contributed by atoms with Gasteiger partial charge in [-0.1, -0.05) is 24.3 Å². The van der Waals surface area contributed by atoms with E-state index in [-0.39, 0.29) is 11.6 Å². The van der Waals surface area contributed by atoms with Crippen molar-refractivity contribution >= 4 is 11.5 Å². The monoisotopic (exact) mass is 371 g/mol. The Morgan fingerprint density at radius 3 is 2.37 bits per heavy atom. The summed E-state index contributed by atoms with van der Waals surface area (Å²) in [5.74, 6) is 0.864. The van der Waals surface area contributed by atoms with Crippen molar-refractivity contribution < 1.29 is 9.66 Å². The van der Waals surface area contributed by atoms with Crippen molar-refractivity contribution in [1.29, 1.82) is 0 Å². The van der Waals surface area contributed by atoms with Crippen molar-refractivity contribution in [3.63, 3.8) is 0 Å². The van der Waals surface area contributed by atoms with E-state index in [1.54, 1.807) is 6.92 Å². The predicted octanol–water partition coefficient (Wildman–Crippen LogP) is 2.24. The van der Waals surface area contributed by atoms with Gasteiger partial charge in [-0.05, 0) is 45.0 Å². The summed E-state index contributed by atoms with van der Waals surface area (Å²) in [5, 5.41) is 11.8. The smallest absolute Gasteiger partial charge is 0.372 e. The van der Waals surface area contributed by atoms with Gasteiger partial charge in [-0.25, -0.2) is 4.98 Å². The van der Waals surface area contributed by atoms with Crippen LogP contribution in [-0.2, 0) is 12.8 Å². The molecule has 0 saturated heterocycles. The van der Waals surface area contributed by atoms with E-state index >= 15 is 0 Å². The highest BCUT2D eigenvalue weighted by atomic mass is 16.6. The zero-order valence-electron chi connectivity index (χ0n) is 16.0. The number of aryl methyl sites for hydroxylation is 1. The Morgan fingerprint density at radius 1 is 1.19 bits per heavy atom. The predicted molar refractivity (Wildman–Crippen MR) is 104 cm³/mol. The second-order valence-electron chi connectivity index (χ2n) is 6.91. The molecule has 27 heavy (non-hydrogen) atoms. The lowest BCUT2D eigenvalue weighted by molar-refractivity contribution is -0.385. The maximum atomic E-state index is 11.8. The fourth-order valence-electron chi connectivity index (χ4n) is 3.21. The molecule has 1 aromatic heterocycles. The third-order valence-electron chi connectivity index (χ3n) is 4.63. The van der Waals surface area contributed by atoms with E-state index < -0.39 is 4.92 Å². The van der Waals surface area contributed by atoms with Gasteiger partial charge in [0.1, 0.15) is 12.4 Å². The molecule has 0 bridgehead atoms. The van der Waals surface area contributed by atoms with Crippen molar-refractivity contribution in [2.75, 3.05) is 45.2 Å². The van der Waals surface area contributed by atoms with Gasteiger partial charge in [0.2, 0.25) is 5.82 Å².